The predicted molar refractivity (Wildman–Crippen MR) is 157 cm³/mol. The number of fused-ring (bicyclic) bond motifs is 1. The molecule has 0 radical (unpaired) electrons. The summed E-state index contributed by atoms with van der Waals surface area (Å²) in [5.41, 5.74) is 1.67. The Morgan fingerprint density at radius 2 is 1.71 bits per heavy atom. The summed E-state index contributed by atoms with van der Waals surface area (Å²) in [6, 6.07) is 17.3. The number of ketones is 1. The molecule has 5 rings (SSSR count). The molecule has 0 aliphatic heterocycles. The Morgan fingerprint density at radius 1 is 0.976 bits per heavy atom. The van der Waals surface area contributed by atoms with Gasteiger partial charge in [-0.2, -0.15) is 0 Å². The number of carbonyl (C=O) groups is 2. The van der Waals surface area contributed by atoms with Gasteiger partial charge in [-0.3, -0.25) is 14.3 Å². The summed E-state index contributed by atoms with van der Waals surface area (Å²) in [6.07, 6.45) is 1.94. The third-order valence-electron chi connectivity index (χ3n) is 6.46. The Morgan fingerprint density at radius 3 is 2.41 bits per heavy atom. The number of nitrogens with zero attached hydrogens (tertiary/aromatic N) is 2. The molecule has 41 heavy (non-hydrogen) atoms. The first kappa shape index (κ1) is 29.3. The lowest BCUT2D eigenvalue weighted by molar-refractivity contribution is -0.128. The van der Waals surface area contributed by atoms with Gasteiger partial charge in [0.2, 0.25) is 5.91 Å². The van der Waals surface area contributed by atoms with Crippen LogP contribution in [0.15, 0.2) is 71.6 Å². The maximum Gasteiger partial charge on any atom is 0.263 e. The Labute approximate surface area is 238 Å². The van der Waals surface area contributed by atoms with E-state index in [1.54, 1.807) is 36.4 Å². The van der Waals surface area contributed by atoms with Crippen molar-refractivity contribution in [2.75, 3.05) is 22.5 Å². The molecular formula is C29H31N5O6S. The van der Waals surface area contributed by atoms with Crippen molar-refractivity contribution in [1.82, 2.24) is 9.97 Å². The fourth-order valence-corrected chi connectivity index (χ4v) is 5.54. The quantitative estimate of drug-likeness (QED) is 0.220. The number of hydrogen-bond acceptors (Lipinski definition) is 9. The molecule has 1 aromatic heterocycles. The van der Waals surface area contributed by atoms with Gasteiger partial charge in [0.15, 0.2) is 11.6 Å². The molecule has 0 bridgehead atoms. The molecule has 4 aromatic rings. The van der Waals surface area contributed by atoms with Crippen LogP contribution in [0, 0.1) is 5.92 Å². The molecule has 0 spiro atoms. The predicted octanol–water partition coefficient (Wildman–Crippen LogP) is 5.22. The standard InChI is InChI=1S/C28H27N5O6S.CH4/c1-39-22-14-19(13-21(35)16-22)29-26-27(32-25-11-3-2-10-24(25)31-26)33-40(37,38)23-9-5-7-18(15-23)30-28(36)17-6-4-8-20(34)12-17;/h2-3,5,7,9-11,13-17,35H,4,6,8,12H2,1H3,(H,29,31)(H,30,36)(H,32,33);1H4. The number of sulfonamides is 1. The number of Topliss-reactive ketones (excluding diaryl/α,β-unsaturated/α-hetero) is 1. The van der Waals surface area contributed by atoms with E-state index >= 15 is 0 Å². The number of aromatic hydroxyl groups is 1. The highest BCUT2D eigenvalue weighted by Crippen LogP contribution is 2.31. The van der Waals surface area contributed by atoms with Crippen LogP contribution in [-0.4, -0.2) is 42.3 Å². The number of ether oxygens (including phenoxy) is 1. The average molecular weight is 578 g/mol. The minimum atomic E-state index is -4.18. The Bertz CT molecular complexity index is 1710. The van der Waals surface area contributed by atoms with Gasteiger partial charge >= 0.3 is 0 Å². The fraction of sp³-hybridized carbons (Fsp3) is 0.241. The van der Waals surface area contributed by atoms with Crippen molar-refractivity contribution in [3.8, 4) is 11.5 Å². The van der Waals surface area contributed by atoms with E-state index in [9.17, 15) is 23.1 Å². The van der Waals surface area contributed by atoms with Crippen molar-refractivity contribution >= 4 is 55.8 Å². The smallest absolute Gasteiger partial charge is 0.263 e. The van der Waals surface area contributed by atoms with Crippen LogP contribution in [0.1, 0.15) is 33.1 Å². The number of methoxy groups -OCH3 is 1. The summed E-state index contributed by atoms with van der Waals surface area (Å²) in [4.78, 5) is 33.4. The van der Waals surface area contributed by atoms with Crippen LogP contribution < -0.4 is 20.1 Å². The molecule has 214 valence electrons. The Hall–Kier alpha value is -4.71. The van der Waals surface area contributed by atoms with E-state index < -0.39 is 15.9 Å². The van der Waals surface area contributed by atoms with Gasteiger partial charge in [0.1, 0.15) is 17.3 Å². The number of benzene rings is 3. The van der Waals surface area contributed by atoms with E-state index in [1.807, 2.05) is 0 Å². The summed E-state index contributed by atoms with van der Waals surface area (Å²) in [5, 5.41) is 15.8. The second-order valence-corrected chi connectivity index (χ2v) is 11.1. The van der Waals surface area contributed by atoms with Gasteiger partial charge in [-0.15, -0.1) is 0 Å². The topological polar surface area (TPSA) is 160 Å². The summed E-state index contributed by atoms with van der Waals surface area (Å²) >= 11 is 0. The molecule has 12 heteroatoms. The second-order valence-electron chi connectivity index (χ2n) is 9.41. The van der Waals surface area contributed by atoms with Crippen molar-refractivity contribution in [3.05, 3.63) is 66.7 Å². The number of para-hydroxylation sites is 2. The molecule has 4 N–H and O–H groups in total. The minimum Gasteiger partial charge on any atom is -0.508 e. The van der Waals surface area contributed by atoms with Crippen molar-refractivity contribution in [1.29, 1.82) is 0 Å². The van der Waals surface area contributed by atoms with Crippen LogP contribution in [0.25, 0.3) is 11.0 Å². The van der Waals surface area contributed by atoms with E-state index in [1.165, 1.54) is 37.4 Å². The number of phenols is 1. The Balaban J connectivity index is 0.00000387. The number of hydrogen-bond donors (Lipinski definition) is 4. The SMILES string of the molecule is C.COc1cc(O)cc(Nc2nc3ccccc3nc2NS(=O)(=O)c2cccc(NC(=O)C3CCCC(=O)C3)c2)c1. The average Bonchev–Trinajstić information content (AvgIpc) is 2.93. The van der Waals surface area contributed by atoms with E-state index in [0.717, 1.165) is 0 Å². The monoisotopic (exact) mass is 577 g/mol. The molecule has 1 fully saturated rings. The number of nitrogens with one attached hydrogen (secondary N) is 3. The maximum atomic E-state index is 13.5. The van der Waals surface area contributed by atoms with Gasteiger partial charge in [0, 0.05) is 48.3 Å². The fourth-order valence-electron chi connectivity index (χ4n) is 4.49. The van der Waals surface area contributed by atoms with Crippen LogP contribution in [0.2, 0.25) is 0 Å². The first-order chi connectivity index (χ1) is 19.2. The third kappa shape index (κ3) is 6.90. The van der Waals surface area contributed by atoms with Gasteiger partial charge < -0.3 is 20.5 Å². The molecule has 1 heterocycles. The molecule has 0 saturated heterocycles. The van der Waals surface area contributed by atoms with Gasteiger partial charge in [-0.25, -0.2) is 18.4 Å². The highest BCUT2D eigenvalue weighted by molar-refractivity contribution is 7.92. The first-order valence-electron chi connectivity index (χ1n) is 12.6. The highest BCUT2D eigenvalue weighted by atomic mass is 32.2. The summed E-state index contributed by atoms with van der Waals surface area (Å²) in [5.74, 6) is -0.347. The summed E-state index contributed by atoms with van der Waals surface area (Å²) in [7, 11) is -2.72. The number of rotatable bonds is 8. The molecule has 1 amide bonds. The van der Waals surface area contributed by atoms with Crippen LogP contribution in [-0.2, 0) is 19.6 Å². The van der Waals surface area contributed by atoms with Crippen molar-refractivity contribution in [2.24, 2.45) is 5.92 Å². The second kappa shape index (κ2) is 12.2. The largest absolute Gasteiger partial charge is 0.508 e. The van der Waals surface area contributed by atoms with Crippen molar-refractivity contribution in [3.63, 3.8) is 0 Å². The van der Waals surface area contributed by atoms with Crippen LogP contribution in [0.5, 0.6) is 11.5 Å². The van der Waals surface area contributed by atoms with E-state index in [-0.39, 0.29) is 47.8 Å². The molecule has 1 aliphatic carbocycles. The number of anilines is 4. The van der Waals surface area contributed by atoms with E-state index in [0.29, 0.717) is 47.4 Å². The zero-order chi connectivity index (χ0) is 28.3. The first-order valence-corrected chi connectivity index (χ1v) is 14.1. The highest BCUT2D eigenvalue weighted by Gasteiger charge is 2.26. The van der Waals surface area contributed by atoms with Crippen LogP contribution in [0.4, 0.5) is 23.0 Å². The van der Waals surface area contributed by atoms with Crippen LogP contribution in [0.3, 0.4) is 0 Å². The van der Waals surface area contributed by atoms with Gasteiger partial charge in [0.25, 0.3) is 10.0 Å². The van der Waals surface area contributed by atoms with E-state index in [4.69, 9.17) is 4.74 Å². The molecule has 1 aliphatic rings. The summed E-state index contributed by atoms with van der Waals surface area (Å²) < 4.78 is 34.6. The summed E-state index contributed by atoms with van der Waals surface area (Å²) in [6.45, 7) is 0. The van der Waals surface area contributed by atoms with E-state index in [2.05, 4.69) is 25.3 Å². The lowest BCUT2D eigenvalue weighted by atomic mass is 9.88. The molecule has 11 nitrogen and oxygen atoms in total. The third-order valence-corrected chi connectivity index (χ3v) is 7.79. The molecule has 1 saturated carbocycles. The van der Waals surface area contributed by atoms with Crippen molar-refractivity contribution < 1.29 is 27.9 Å². The number of aromatic nitrogens is 2. The molecule has 3 aromatic carbocycles. The van der Waals surface area contributed by atoms with Crippen LogP contribution >= 0.6 is 0 Å². The molecular weight excluding hydrogens is 546 g/mol. The zero-order valence-electron chi connectivity index (χ0n) is 21.5. The molecule has 1 unspecified atom stereocenters. The Kier molecular flexibility index (Phi) is 8.72. The minimum absolute atomic E-state index is 0. The van der Waals surface area contributed by atoms with Crippen molar-refractivity contribution in [2.45, 2.75) is 38.0 Å². The maximum absolute atomic E-state index is 13.5. The lowest BCUT2D eigenvalue weighted by Gasteiger charge is -2.20. The molecule has 1 atom stereocenters. The van der Waals surface area contributed by atoms with Gasteiger partial charge in [-0.1, -0.05) is 25.6 Å². The number of carbonyl (C=O) groups excluding carboxylic acids is 2. The number of amides is 1. The normalized spacial score (nSPS) is 15.0. The zero-order valence-corrected chi connectivity index (χ0v) is 22.4. The number of phenolic OH excluding ortho intramolecular Hbond substituents is 1. The van der Waals surface area contributed by atoms with Gasteiger partial charge in [-0.05, 0) is 43.2 Å². The lowest BCUT2D eigenvalue weighted by Crippen LogP contribution is -2.28. The van der Waals surface area contributed by atoms with Gasteiger partial charge in [0.05, 0.1) is 23.0 Å².